The highest BCUT2D eigenvalue weighted by atomic mass is 32.1. The number of imidazole rings is 1. The molecule has 0 aliphatic heterocycles. The molecule has 2 N–H and O–H groups in total. The van der Waals surface area contributed by atoms with Crippen LogP contribution in [0.25, 0.3) is 0 Å². The summed E-state index contributed by atoms with van der Waals surface area (Å²) in [5.41, 5.74) is 15.4. The topological polar surface area (TPSA) is 148 Å². The second-order valence-corrected chi connectivity index (χ2v) is 28.1. The molecule has 12 aromatic heterocycles. The van der Waals surface area contributed by atoms with E-state index in [1.54, 1.807) is 41.3 Å². The van der Waals surface area contributed by atoms with Gasteiger partial charge in [-0.25, -0.2) is 9.97 Å². The number of rotatable bonds is 3. The number of thiophene rings is 3. The predicted octanol–water partition coefficient (Wildman–Crippen LogP) is 23.3. The van der Waals surface area contributed by atoms with Crippen molar-refractivity contribution >= 4 is 45.3 Å². The highest BCUT2D eigenvalue weighted by Gasteiger charge is 2.02. The van der Waals surface area contributed by atoms with Gasteiger partial charge in [0.25, 0.3) is 0 Å². The zero-order valence-electron chi connectivity index (χ0n) is 60.4. The molecule has 11 nitrogen and oxygen atoms in total. The minimum atomic E-state index is 0.977. The number of thiazole rings is 1. The van der Waals surface area contributed by atoms with Gasteiger partial charge in [-0.3, -0.25) is 19.9 Å². The van der Waals surface area contributed by atoms with Crippen molar-refractivity contribution in [2.75, 3.05) is 0 Å². The molecule has 0 aliphatic carbocycles. The quantitative estimate of drug-likeness (QED) is 0.176. The number of aryl methyl sites for hydroxylation is 26. The third-order valence-corrected chi connectivity index (χ3v) is 16.0. The van der Waals surface area contributed by atoms with Crippen LogP contribution in [0.1, 0.15) is 162 Å². The number of nitrogens with zero attached hydrogens (tertiary/aromatic N) is 6. The molecule has 498 valence electrons. The Bertz CT molecular complexity index is 3190. The summed E-state index contributed by atoms with van der Waals surface area (Å²) >= 11 is 7.25. The van der Waals surface area contributed by atoms with Gasteiger partial charge >= 0.3 is 0 Å². The fraction of sp³-hybridized carbons (Fsp3) is 0.377. The molecule has 15 heteroatoms. The highest BCUT2D eigenvalue weighted by Crippen LogP contribution is 2.19. The predicted molar refractivity (Wildman–Crippen MR) is 398 cm³/mol. The third kappa shape index (κ3) is 42.5. The van der Waals surface area contributed by atoms with E-state index in [4.69, 9.17) is 13.3 Å². The number of furan rings is 3. The summed E-state index contributed by atoms with van der Waals surface area (Å²) < 4.78 is 15.5. The minimum absolute atomic E-state index is 0.977. The zero-order chi connectivity index (χ0) is 69.3. The molecule has 0 saturated carbocycles. The average molecular weight is 1320 g/mol. The van der Waals surface area contributed by atoms with Crippen molar-refractivity contribution in [3.05, 3.63) is 276 Å². The molecule has 0 unspecified atom stereocenters. The molecule has 0 bridgehead atoms. The van der Waals surface area contributed by atoms with E-state index >= 15 is 0 Å². The number of hydrogen-bond donors (Lipinski definition) is 2. The van der Waals surface area contributed by atoms with Gasteiger partial charge in [0.1, 0.15) is 34.6 Å². The number of hydrogen-bond acceptors (Lipinski definition) is 13. The first-order valence-corrected chi connectivity index (χ1v) is 34.4. The van der Waals surface area contributed by atoms with Gasteiger partial charge in [-0.05, 0) is 298 Å². The van der Waals surface area contributed by atoms with Crippen LogP contribution in [0.4, 0.5) is 0 Å². The lowest BCUT2D eigenvalue weighted by Gasteiger charge is -1.94. The third-order valence-electron chi connectivity index (χ3n) is 12.2. The summed E-state index contributed by atoms with van der Waals surface area (Å²) in [4.78, 5) is 38.8. The van der Waals surface area contributed by atoms with E-state index in [2.05, 4.69) is 156 Å². The van der Waals surface area contributed by atoms with E-state index in [1.165, 1.54) is 87.7 Å². The van der Waals surface area contributed by atoms with Crippen LogP contribution in [0.5, 0.6) is 0 Å². The molecule has 0 atom stereocenters. The standard InChI is InChI=1S/C10H16O.2C7H9N.C7H10S.C6H8N2.C6H9N.2C6H8O.2C6H8S.C5H8N2.C5H7NS/c1-4-5-6-10-7-8(2)11-9(10)3;1-6-3-4-7(2)8-5-6;1-6-4-3-5-7(2)8-6;1-5-4-6(2)8-7(5)3;1-5-3-7-4-6(2)8-5;1-5-3-4-6(2)7-5;1-5-3-6(2)7-4-5;1-5-3-4-6(2)7-5;1-5-3-6(2)7-4-5;1-5-3-4-6(2)7-5;2*1-4-3-6-5(2)7-4/h7H,4-6H2,1-3H3;2*3-5H,1-2H3;4H,1-3H3;3-4H,1-2H3;3-4,7H,1-2H3;4*3-4H,1-2H3;3H,1-2H3,(H,6,7);3H,1-2H3. The van der Waals surface area contributed by atoms with E-state index in [0.29, 0.717) is 0 Å². The normalized spacial score (nSPS) is 9.54. The van der Waals surface area contributed by atoms with Crippen LogP contribution in [-0.4, -0.2) is 39.9 Å². The molecule has 12 rings (SSSR count). The van der Waals surface area contributed by atoms with Gasteiger partial charge in [0.05, 0.1) is 22.7 Å². The first-order valence-electron chi connectivity index (χ1n) is 31.1. The Hall–Kier alpha value is -7.56. The van der Waals surface area contributed by atoms with Crippen molar-refractivity contribution in [1.29, 1.82) is 0 Å². The molecule has 12 heterocycles. The van der Waals surface area contributed by atoms with Crippen LogP contribution in [-0.2, 0) is 6.42 Å². The smallest absolute Gasteiger partial charge is 0.104 e. The van der Waals surface area contributed by atoms with Gasteiger partial charge in [0.15, 0.2) is 0 Å². The highest BCUT2D eigenvalue weighted by molar-refractivity contribution is 7.12. The Morgan fingerprint density at radius 3 is 1.23 bits per heavy atom. The molecule has 0 aliphatic rings. The van der Waals surface area contributed by atoms with Gasteiger partial charge in [0, 0.05) is 94.4 Å². The molecule has 0 aromatic carbocycles. The number of aromatic nitrogens is 8. The van der Waals surface area contributed by atoms with Crippen LogP contribution in [0, 0.1) is 173 Å². The SMILES string of the molecule is CCCCc1cc(C)oc1C.Cc1cc(C)c(C)s1.Cc1ccc(C)[nH]1.Cc1ccc(C)nc1.Cc1ccc(C)o1.Cc1ccc(C)s1.Cc1cccc(C)n1.Cc1cnc(C)[nH]1.Cc1cnc(C)s1.Cc1cncc(C)n1.Cc1coc(C)c1.Cc1csc(C)c1. The van der Waals surface area contributed by atoms with Crippen molar-refractivity contribution in [2.45, 2.75) is 199 Å². The summed E-state index contributed by atoms with van der Waals surface area (Å²) in [5.74, 6) is 6.06. The van der Waals surface area contributed by atoms with Crippen LogP contribution in [0.15, 0.2) is 147 Å². The molecule has 12 aromatic rings. The molecule has 0 fully saturated rings. The van der Waals surface area contributed by atoms with Gasteiger partial charge in [-0.1, -0.05) is 25.5 Å². The first kappa shape index (κ1) is 82.5. The van der Waals surface area contributed by atoms with E-state index in [1.807, 2.05) is 201 Å². The molecular formula is C77H108N8O3S4. The van der Waals surface area contributed by atoms with E-state index in [9.17, 15) is 0 Å². The largest absolute Gasteiger partial charge is 0.469 e. The number of nitrogens with one attached hydrogen (secondary N) is 2. The first-order chi connectivity index (χ1) is 43.3. The zero-order valence-corrected chi connectivity index (χ0v) is 63.6. The molecule has 0 saturated heterocycles. The minimum Gasteiger partial charge on any atom is -0.469 e. The maximum atomic E-state index is 5.41. The number of unbranched alkanes of at least 4 members (excludes halogenated alkanes) is 1. The summed E-state index contributed by atoms with van der Waals surface area (Å²) in [7, 11) is 0. The van der Waals surface area contributed by atoms with Gasteiger partial charge in [-0.2, -0.15) is 0 Å². The Balaban J connectivity index is 0.000000503. The van der Waals surface area contributed by atoms with E-state index in [0.717, 1.165) is 73.8 Å². The Morgan fingerprint density at radius 2 is 1.01 bits per heavy atom. The molecule has 0 spiro atoms. The van der Waals surface area contributed by atoms with Crippen molar-refractivity contribution in [3.8, 4) is 0 Å². The Kier molecular flexibility index (Phi) is 41.7. The Labute approximate surface area is 569 Å². The fourth-order valence-electron chi connectivity index (χ4n) is 7.78. The summed E-state index contributed by atoms with van der Waals surface area (Å²) in [5, 5.41) is 3.31. The molecule has 92 heavy (non-hydrogen) atoms. The van der Waals surface area contributed by atoms with E-state index in [-0.39, 0.29) is 0 Å². The van der Waals surface area contributed by atoms with Crippen LogP contribution in [0.2, 0.25) is 0 Å². The average Bonchev–Trinajstić information content (AvgIpc) is 3.17. The second-order valence-electron chi connectivity index (χ2n) is 22.6. The van der Waals surface area contributed by atoms with Crippen molar-refractivity contribution in [2.24, 2.45) is 0 Å². The fourth-order valence-corrected chi connectivity index (χ4v) is 10.9. The molecular weight excluding hydrogens is 1210 g/mol. The molecule has 0 amide bonds. The summed E-state index contributed by atoms with van der Waals surface area (Å²) in [6.45, 7) is 53.0. The molecule has 0 radical (unpaired) electrons. The van der Waals surface area contributed by atoms with Gasteiger partial charge in [0.2, 0.25) is 0 Å². The van der Waals surface area contributed by atoms with Crippen molar-refractivity contribution in [3.63, 3.8) is 0 Å². The maximum absolute atomic E-state index is 5.41. The Morgan fingerprint density at radius 1 is 0.413 bits per heavy atom. The lowest BCUT2D eigenvalue weighted by atomic mass is 10.1. The monoisotopic (exact) mass is 1320 g/mol. The number of pyridine rings is 2. The van der Waals surface area contributed by atoms with Crippen LogP contribution >= 0.6 is 45.3 Å². The number of H-pyrrole nitrogens is 2. The van der Waals surface area contributed by atoms with Gasteiger partial charge < -0.3 is 23.2 Å². The lowest BCUT2D eigenvalue weighted by molar-refractivity contribution is 0.500. The summed E-state index contributed by atoms with van der Waals surface area (Å²) in [6, 6.07) is 30.9. The summed E-state index contributed by atoms with van der Waals surface area (Å²) in [6.07, 6.45) is 14.5. The maximum Gasteiger partial charge on any atom is 0.104 e. The number of aromatic amines is 2. The second kappa shape index (κ2) is 46.5. The van der Waals surface area contributed by atoms with Gasteiger partial charge in [-0.15, -0.1) is 45.3 Å². The van der Waals surface area contributed by atoms with Crippen LogP contribution < -0.4 is 0 Å². The van der Waals surface area contributed by atoms with Crippen LogP contribution in [0.3, 0.4) is 0 Å². The van der Waals surface area contributed by atoms with Crippen molar-refractivity contribution < 1.29 is 13.3 Å². The van der Waals surface area contributed by atoms with E-state index < -0.39 is 0 Å². The lowest BCUT2D eigenvalue weighted by Crippen LogP contribution is -1.85. The van der Waals surface area contributed by atoms with Crippen molar-refractivity contribution in [1.82, 2.24) is 39.9 Å².